The third-order valence-electron chi connectivity index (χ3n) is 7.18. The van der Waals surface area contributed by atoms with Gasteiger partial charge in [-0.05, 0) is 36.8 Å². The molecule has 2 fully saturated rings. The van der Waals surface area contributed by atoms with E-state index in [1.54, 1.807) is 14.2 Å². The highest BCUT2D eigenvalue weighted by atomic mass is 16.5. The van der Waals surface area contributed by atoms with Crippen LogP contribution in [0, 0.1) is 12.8 Å². The number of methoxy groups -OCH3 is 2. The second-order valence-corrected chi connectivity index (χ2v) is 9.07. The van der Waals surface area contributed by atoms with Gasteiger partial charge in [-0.1, -0.05) is 25.1 Å². The second-order valence-electron chi connectivity index (χ2n) is 9.07. The van der Waals surface area contributed by atoms with E-state index in [0.29, 0.717) is 38.3 Å². The Labute approximate surface area is 202 Å². The maximum absolute atomic E-state index is 13.8. The molecule has 0 aliphatic carbocycles. The van der Waals surface area contributed by atoms with E-state index in [4.69, 9.17) is 9.47 Å². The van der Waals surface area contributed by atoms with Crippen molar-refractivity contribution in [1.82, 2.24) is 9.80 Å². The lowest BCUT2D eigenvalue weighted by Crippen LogP contribution is -2.51. The molecule has 7 heteroatoms. The Morgan fingerprint density at radius 1 is 0.941 bits per heavy atom. The van der Waals surface area contributed by atoms with Crippen LogP contribution in [-0.2, 0) is 9.59 Å². The molecule has 4 rings (SSSR count). The summed E-state index contributed by atoms with van der Waals surface area (Å²) in [6.45, 7) is 7.88. The molecule has 2 amide bonds. The summed E-state index contributed by atoms with van der Waals surface area (Å²) in [7, 11) is 3.26. The lowest BCUT2D eigenvalue weighted by molar-refractivity contribution is -0.136. The van der Waals surface area contributed by atoms with Gasteiger partial charge >= 0.3 is 0 Å². The fourth-order valence-electron chi connectivity index (χ4n) is 5.25. The summed E-state index contributed by atoms with van der Waals surface area (Å²) in [6.07, 6.45) is 0.429. The van der Waals surface area contributed by atoms with Crippen LogP contribution in [0.5, 0.6) is 11.5 Å². The Morgan fingerprint density at radius 2 is 1.68 bits per heavy atom. The predicted molar refractivity (Wildman–Crippen MR) is 133 cm³/mol. The number of carbonyl (C=O) groups excluding carboxylic acids is 2. The number of amides is 2. The minimum absolute atomic E-state index is 0.0755. The predicted octanol–water partition coefficient (Wildman–Crippen LogP) is 3.31. The van der Waals surface area contributed by atoms with Gasteiger partial charge in [0.25, 0.3) is 0 Å². The van der Waals surface area contributed by atoms with E-state index in [0.717, 1.165) is 24.4 Å². The van der Waals surface area contributed by atoms with Crippen molar-refractivity contribution in [2.75, 3.05) is 58.4 Å². The summed E-state index contributed by atoms with van der Waals surface area (Å²) in [5.41, 5.74) is 3.40. The number of anilines is 1. The summed E-state index contributed by atoms with van der Waals surface area (Å²) in [5.74, 6) is 1.19. The van der Waals surface area contributed by atoms with Gasteiger partial charge in [0.1, 0.15) is 11.5 Å². The van der Waals surface area contributed by atoms with Crippen LogP contribution in [0.1, 0.15) is 30.4 Å². The molecule has 2 aromatic rings. The zero-order valence-electron chi connectivity index (χ0n) is 20.6. The Balaban J connectivity index is 1.55. The molecule has 0 N–H and O–H groups in total. The lowest BCUT2D eigenvalue weighted by Gasteiger charge is -2.38. The molecule has 2 saturated heterocycles. The SMILES string of the molecule is CCC(=O)N1C[C@H](C(=O)N2CCN(c3ccccc3C)CC2)[C@@H](c2cc(OC)ccc2OC)C1. The van der Waals surface area contributed by atoms with Gasteiger partial charge in [-0.2, -0.15) is 0 Å². The van der Waals surface area contributed by atoms with Crippen LogP contribution in [-0.4, -0.2) is 75.1 Å². The second kappa shape index (κ2) is 10.4. The number of nitrogens with zero attached hydrogens (tertiary/aromatic N) is 3. The van der Waals surface area contributed by atoms with Crippen molar-refractivity contribution >= 4 is 17.5 Å². The minimum Gasteiger partial charge on any atom is -0.497 e. The molecule has 2 aliphatic rings. The van der Waals surface area contributed by atoms with Crippen LogP contribution < -0.4 is 14.4 Å². The molecule has 2 aliphatic heterocycles. The number of carbonyl (C=O) groups is 2. The Hall–Kier alpha value is -3.22. The standard InChI is InChI=1S/C27H35N3O4/c1-5-26(31)30-17-22(21-16-20(33-3)10-11-25(21)34-4)23(18-30)27(32)29-14-12-28(13-15-29)24-9-7-6-8-19(24)2/h6-11,16,22-23H,5,12-15,17-18H2,1-4H3/t22-,23+/m1/s1. The molecule has 0 spiro atoms. The molecule has 7 nitrogen and oxygen atoms in total. The molecular weight excluding hydrogens is 430 g/mol. The van der Waals surface area contributed by atoms with Gasteiger partial charge in [0.15, 0.2) is 0 Å². The van der Waals surface area contributed by atoms with Crippen molar-refractivity contribution < 1.29 is 19.1 Å². The van der Waals surface area contributed by atoms with Crippen LogP contribution in [0.25, 0.3) is 0 Å². The summed E-state index contributed by atoms with van der Waals surface area (Å²) in [5, 5.41) is 0. The van der Waals surface area contributed by atoms with Gasteiger partial charge in [0.2, 0.25) is 11.8 Å². The van der Waals surface area contributed by atoms with Crippen molar-refractivity contribution in [2.24, 2.45) is 5.92 Å². The van der Waals surface area contributed by atoms with Crippen molar-refractivity contribution in [3.63, 3.8) is 0 Å². The van der Waals surface area contributed by atoms with E-state index in [1.165, 1.54) is 11.3 Å². The Kier molecular flexibility index (Phi) is 7.29. The van der Waals surface area contributed by atoms with Crippen LogP contribution >= 0.6 is 0 Å². The zero-order chi connectivity index (χ0) is 24.2. The molecule has 2 heterocycles. The topological polar surface area (TPSA) is 62.3 Å². The Bertz CT molecular complexity index is 1030. The zero-order valence-corrected chi connectivity index (χ0v) is 20.6. The van der Waals surface area contributed by atoms with E-state index in [-0.39, 0.29) is 23.7 Å². The average Bonchev–Trinajstić information content (AvgIpc) is 3.33. The maximum Gasteiger partial charge on any atom is 0.228 e. The number of aryl methyl sites for hydroxylation is 1. The molecule has 0 aromatic heterocycles. The maximum atomic E-state index is 13.8. The number of piperazine rings is 1. The highest BCUT2D eigenvalue weighted by molar-refractivity contribution is 5.84. The van der Waals surface area contributed by atoms with Gasteiger partial charge in [0.05, 0.1) is 20.1 Å². The van der Waals surface area contributed by atoms with E-state index in [1.807, 2.05) is 34.9 Å². The fraction of sp³-hybridized carbons (Fsp3) is 0.481. The van der Waals surface area contributed by atoms with Gasteiger partial charge in [-0.15, -0.1) is 0 Å². The number of hydrogen-bond acceptors (Lipinski definition) is 5. The van der Waals surface area contributed by atoms with Gasteiger partial charge in [0, 0.05) is 62.9 Å². The smallest absolute Gasteiger partial charge is 0.228 e. The summed E-state index contributed by atoms with van der Waals surface area (Å²) in [6, 6.07) is 14.0. The van der Waals surface area contributed by atoms with Crippen molar-refractivity contribution in [3.8, 4) is 11.5 Å². The van der Waals surface area contributed by atoms with E-state index >= 15 is 0 Å². The van der Waals surface area contributed by atoms with Crippen LogP contribution in [0.3, 0.4) is 0 Å². The number of hydrogen-bond donors (Lipinski definition) is 0. The average molecular weight is 466 g/mol. The summed E-state index contributed by atoms with van der Waals surface area (Å²) in [4.78, 5) is 32.5. The van der Waals surface area contributed by atoms with E-state index < -0.39 is 0 Å². The third-order valence-corrected chi connectivity index (χ3v) is 7.18. The van der Waals surface area contributed by atoms with Crippen LogP contribution in [0.15, 0.2) is 42.5 Å². The van der Waals surface area contributed by atoms with Gasteiger partial charge < -0.3 is 24.2 Å². The molecule has 34 heavy (non-hydrogen) atoms. The van der Waals surface area contributed by atoms with Crippen molar-refractivity contribution in [1.29, 1.82) is 0 Å². The summed E-state index contributed by atoms with van der Waals surface area (Å²) >= 11 is 0. The van der Waals surface area contributed by atoms with E-state index in [9.17, 15) is 9.59 Å². The monoisotopic (exact) mass is 465 g/mol. The highest BCUT2D eigenvalue weighted by Gasteiger charge is 2.43. The number of para-hydroxylation sites is 1. The van der Waals surface area contributed by atoms with Crippen LogP contribution in [0.4, 0.5) is 5.69 Å². The molecule has 2 atom stereocenters. The van der Waals surface area contributed by atoms with Crippen LogP contribution in [0.2, 0.25) is 0 Å². The number of rotatable bonds is 6. The lowest BCUT2D eigenvalue weighted by atomic mass is 9.87. The first-order valence-electron chi connectivity index (χ1n) is 12.1. The molecule has 0 saturated carbocycles. The van der Waals surface area contributed by atoms with Crippen molar-refractivity contribution in [3.05, 3.63) is 53.6 Å². The van der Waals surface area contributed by atoms with Crippen molar-refractivity contribution in [2.45, 2.75) is 26.2 Å². The van der Waals surface area contributed by atoms with Gasteiger partial charge in [-0.25, -0.2) is 0 Å². The minimum atomic E-state index is -0.304. The van der Waals surface area contributed by atoms with E-state index in [2.05, 4.69) is 36.1 Å². The highest BCUT2D eigenvalue weighted by Crippen LogP contribution is 2.40. The molecule has 0 unspecified atom stereocenters. The first kappa shape index (κ1) is 23.9. The largest absolute Gasteiger partial charge is 0.497 e. The first-order valence-corrected chi connectivity index (χ1v) is 12.1. The summed E-state index contributed by atoms with van der Waals surface area (Å²) < 4.78 is 11.1. The number of ether oxygens (including phenoxy) is 2. The third kappa shape index (κ3) is 4.69. The molecule has 0 radical (unpaired) electrons. The van der Waals surface area contributed by atoms with Gasteiger partial charge in [-0.3, -0.25) is 9.59 Å². The molecule has 182 valence electrons. The molecule has 0 bridgehead atoms. The molecular formula is C27H35N3O4. The first-order chi connectivity index (χ1) is 16.5. The fourth-order valence-corrected chi connectivity index (χ4v) is 5.25. The molecule has 2 aromatic carbocycles. The quantitative estimate of drug-likeness (QED) is 0.655. The normalized spacial score (nSPS) is 20.4. The Morgan fingerprint density at radius 3 is 2.32 bits per heavy atom. The number of likely N-dealkylation sites (tertiary alicyclic amines) is 1. The number of benzene rings is 2.